The zero-order valence-electron chi connectivity index (χ0n) is 26.4. The zero-order valence-corrected chi connectivity index (χ0v) is 29.5. The van der Waals surface area contributed by atoms with Crippen molar-refractivity contribution in [1.82, 2.24) is 0 Å². The molecule has 0 radical (unpaired) electrons. The Morgan fingerprint density at radius 2 is 0.956 bits per heavy atom. The third kappa shape index (κ3) is 4.87. The molecule has 4 unspecified atom stereocenters. The van der Waals surface area contributed by atoms with E-state index in [0.717, 1.165) is 19.9 Å². The van der Waals surface area contributed by atoms with Crippen LogP contribution in [0.4, 0.5) is 0 Å². The minimum atomic E-state index is -2.60. The molecular weight excluding hydrogens is 631 g/mol. The Hall–Kier alpha value is -2.75. The van der Waals surface area contributed by atoms with Gasteiger partial charge in [-0.25, -0.2) is 0 Å². The van der Waals surface area contributed by atoms with Crippen molar-refractivity contribution in [3.05, 3.63) is 118 Å². The van der Waals surface area contributed by atoms with Gasteiger partial charge in [-0.3, -0.25) is 0 Å². The summed E-state index contributed by atoms with van der Waals surface area (Å²) in [6.45, 7) is 4.92. The molecule has 1 saturated heterocycles. The van der Waals surface area contributed by atoms with Gasteiger partial charge in [0.1, 0.15) is 0 Å². The number of halogens is 2. The number of benzene rings is 4. The number of hydrogen-bond acceptors (Lipinski definition) is 2. The molecule has 0 N–H and O–H groups in total. The molecule has 1 saturated carbocycles. The van der Waals surface area contributed by atoms with Crippen LogP contribution in [0.3, 0.4) is 0 Å². The van der Waals surface area contributed by atoms with Crippen molar-refractivity contribution in [3.63, 3.8) is 0 Å². The van der Waals surface area contributed by atoms with Crippen LogP contribution in [0.15, 0.2) is 96.1 Å². The van der Waals surface area contributed by atoms with Crippen molar-refractivity contribution in [2.24, 2.45) is 0 Å². The maximum atomic E-state index is 5.47. The molecular formula is C40H40Cl2O2Ti. The molecule has 2 nitrogen and oxygen atoms in total. The van der Waals surface area contributed by atoms with Gasteiger partial charge in [-0.1, -0.05) is 0 Å². The monoisotopic (exact) mass is 670 g/mol. The van der Waals surface area contributed by atoms with Crippen LogP contribution in [0.25, 0.3) is 34.4 Å². The normalized spacial score (nSPS) is 24.0. The first kappa shape index (κ1) is 32.2. The van der Waals surface area contributed by atoms with Gasteiger partial charge in [-0.2, -0.15) is 0 Å². The minimum absolute atomic E-state index is 0. The predicted octanol–water partition coefficient (Wildman–Crippen LogP) is 4.98. The predicted molar refractivity (Wildman–Crippen MR) is 176 cm³/mol. The Morgan fingerprint density at radius 1 is 0.556 bits per heavy atom. The van der Waals surface area contributed by atoms with Gasteiger partial charge in [0.25, 0.3) is 0 Å². The second-order valence-electron chi connectivity index (χ2n) is 13.2. The number of allylic oxidation sites excluding steroid dienone is 2. The van der Waals surface area contributed by atoms with Crippen LogP contribution >= 0.6 is 0 Å². The van der Waals surface area contributed by atoms with E-state index in [4.69, 9.17) is 9.47 Å². The molecule has 5 heteroatoms. The van der Waals surface area contributed by atoms with Crippen LogP contribution < -0.4 is 34.3 Å². The van der Waals surface area contributed by atoms with Crippen molar-refractivity contribution in [3.8, 4) is 33.8 Å². The largest absolute Gasteiger partial charge is 1.00 e. The first-order chi connectivity index (χ1) is 21.1. The van der Waals surface area contributed by atoms with Gasteiger partial charge in [0.15, 0.2) is 0 Å². The Bertz CT molecular complexity index is 1660. The third-order valence-corrected chi connectivity index (χ3v) is 22.4. The molecule has 4 aromatic rings. The molecule has 0 spiro atoms. The van der Waals surface area contributed by atoms with E-state index in [1.807, 2.05) is 0 Å². The molecule has 3 aliphatic carbocycles. The maximum Gasteiger partial charge on any atom is -1.00 e. The summed E-state index contributed by atoms with van der Waals surface area (Å²) in [5.74, 6) is 1.82. The second-order valence-corrected chi connectivity index (χ2v) is 20.5. The molecule has 45 heavy (non-hydrogen) atoms. The van der Waals surface area contributed by atoms with Crippen LogP contribution in [0.5, 0.6) is 11.5 Å². The van der Waals surface area contributed by atoms with E-state index in [0.29, 0.717) is 8.45 Å². The van der Waals surface area contributed by atoms with Crippen molar-refractivity contribution in [1.29, 1.82) is 0 Å². The van der Waals surface area contributed by atoms with E-state index in [-0.39, 0.29) is 24.8 Å². The summed E-state index contributed by atoms with van der Waals surface area (Å²) >= 11 is -2.60. The Balaban J connectivity index is 0.00000179. The quantitative estimate of drug-likeness (QED) is 0.270. The average Bonchev–Trinajstić information content (AvgIpc) is 3.35. The summed E-state index contributed by atoms with van der Waals surface area (Å²) in [5, 5.41) is 0. The standard InChI is InChI=1S/2C17H15O.C6H10.2ClH.Ti/c2*1-12-10-14-4-3-5-16(17(14)11-12)13-6-8-15(18-2)9-7-13;1-2-4-6-5-3-1;;;/h2*3-11H,1-2H3;1-2H,3-6H2;2*1H;/q;;;;;+2/p-2. The molecule has 8 rings (SSSR count). The topological polar surface area (TPSA) is 18.5 Å². The first-order valence-corrected chi connectivity index (χ1v) is 19.6. The molecule has 1 aliphatic heterocycles. The van der Waals surface area contributed by atoms with Crippen molar-refractivity contribution >= 4 is 12.2 Å². The Labute approximate surface area is 284 Å². The second kappa shape index (κ2) is 12.5. The molecule has 2 fully saturated rings. The van der Waals surface area contributed by atoms with E-state index in [1.54, 1.807) is 36.5 Å². The number of hydrogen-bond donors (Lipinski definition) is 0. The number of ether oxygens (including phenoxy) is 2. The van der Waals surface area contributed by atoms with Gasteiger partial charge < -0.3 is 24.8 Å². The summed E-state index contributed by atoms with van der Waals surface area (Å²) in [6.07, 6.45) is 10.9. The van der Waals surface area contributed by atoms with Crippen molar-refractivity contribution in [2.75, 3.05) is 14.2 Å². The number of methoxy groups -OCH3 is 2. The summed E-state index contributed by atoms with van der Waals surface area (Å²) in [6, 6.07) is 31.5. The van der Waals surface area contributed by atoms with Crippen LogP contribution in [0, 0.1) is 0 Å². The molecule has 1 heterocycles. The van der Waals surface area contributed by atoms with E-state index < -0.39 is 16.6 Å². The summed E-state index contributed by atoms with van der Waals surface area (Å²) < 4.78 is 14.1. The number of fused-ring (bicyclic) bond motifs is 3. The van der Waals surface area contributed by atoms with E-state index >= 15 is 0 Å². The van der Waals surface area contributed by atoms with Crippen molar-refractivity contribution in [2.45, 2.75) is 56.4 Å². The summed E-state index contributed by atoms with van der Waals surface area (Å²) in [7, 11) is 3.48. The molecule has 230 valence electrons. The zero-order chi connectivity index (χ0) is 29.3. The van der Waals surface area contributed by atoms with Crippen LogP contribution in [0.1, 0.15) is 70.2 Å². The smallest absolute Gasteiger partial charge is 1.00 e. The first-order valence-electron chi connectivity index (χ1n) is 16.0. The van der Waals surface area contributed by atoms with Gasteiger partial charge >= 0.3 is 261 Å². The molecule has 4 aromatic carbocycles. The van der Waals surface area contributed by atoms with Gasteiger partial charge in [-0.05, 0) is 0 Å². The van der Waals surface area contributed by atoms with E-state index in [9.17, 15) is 0 Å². The van der Waals surface area contributed by atoms with Gasteiger partial charge in [-0.15, -0.1) is 0 Å². The summed E-state index contributed by atoms with van der Waals surface area (Å²) in [4.78, 5) is 0. The van der Waals surface area contributed by atoms with Crippen LogP contribution in [-0.4, -0.2) is 14.2 Å². The fraction of sp³-hybridized carbons (Fsp3) is 0.300. The van der Waals surface area contributed by atoms with Crippen LogP contribution in [-0.2, 0) is 16.6 Å². The maximum absolute atomic E-state index is 5.47. The molecule has 4 aliphatic rings. The average molecular weight is 672 g/mol. The van der Waals surface area contributed by atoms with Gasteiger partial charge in [0.2, 0.25) is 0 Å². The molecule has 4 atom stereocenters. The van der Waals surface area contributed by atoms with E-state index in [2.05, 4.69) is 111 Å². The Morgan fingerprint density at radius 3 is 1.33 bits per heavy atom. The Kier molecular flexibility index (Phi) is 8.92. The molecule has 0 bridgehead atoms. The molecule has 0 aromatic heterocycles. The van der Waals surface area contributed by atoms with Crippen LogP contribution in [0.2, 0.25) is 8.45 Å². The van der Waals surface area contributed by atoms with E-state index in [1.165, 1.54) is 59.1 Å². The molecule has 0 amide bonds. The summed E-state index contributed by atoms with van der Waals surface area (Å²) in [5.41, 5.74) is 14.7. The van der Waals surface area contributed by atoms with Crippen molar-refractivity contribution < 1.29 is 50.9 Å². The fourth-order valence-corrected chi connectivity index (χ4v) is 23.9. The number of rotatable bonds is 6. The SMILES string of the molecule is COc1ccc(-c2cccc3c2C=C(C)[CH]3[Ti+2]2([CH]3C(C)=Cc4c(-c5ccc(OC)cc5)cccc43)[CH]3CCCC[CH]32)cc1.[Cl-].[Cl-]. The van der Waals surface area contributed by atoms with Gasteiger partial charge in [0, 0.05) is 0 Å². The third-order valence-electron chi connectivity index (χ3n) is 11.3. The minimum Gasteiger partial charge on any atom is -1.00 e. The fourth-order valence-electron chi connectivity index (χ4n) is 9.72. The van der Waals surface area contributed by atoms with Gasteiger partial charge in [0.05, 0.1) is 0 Å².